The Hall–Kier alpha value is -3.51. The van der Waals surface area contributed by atoms with Crippen molar-refractivity contribution in [3.05, 3.63) is 57.2 Å². The van der Waals surface area contributed by atoms with Crippen molar-refractivity contribution < 1.29 is 82.2 Å². The molecule has 19 nitrogen and oxygen atoms in total. The molecule has 62 heavy (non-hydrogen) atoms. The number of esters is 1. The van der Waals surface area contributed by atoms with E-state index in [1.165, 1.54) is 28.1 Å². The van der Waals surface area contributed by atoms with Gasteiger partial charge in [-0.05, 0) is 116 Å². The number of halogens is 3. The summed E-state index contributed by atoms with van der Waals surface area (Å²) in [5.74, 6) is -2.77. The molecule has 0 bridgehead atoms. The molecule has 4 aliphatic heterocycles. The fraction of sp³-hybridized carbons (Fsp3) is 0.450. The SMILES string of the molecule is CC(=O)Nc1c(I)c(NC(C)=O)c(I)c(C(=O)O)c1I.COc1cc([C@@H]2c3cc4c(cc3C(O[C@@H]3O[C@@H]5CO[C@@H](C)O[C@H]5[C@H](O)[C@H]3O)C3COC(=O)[C@@H]32)OCO4)cc(OC)c1O. The van der Waals surface area contributed by atoms with Crippen LogP contribution in [-0.4, -0.2) is 115 Å². The Labute approximate surface area is 394 Å². The summed E-state index contributed by atoms with van der Waals surface area (Å²) in [6.45, 7) is 4.60. The first-order chi connectivity index (χ1) is 29.4. The van der Waals surface area contributed by atoms with E-state index in [0.717, 1.165) is 0 Å². The first-order valence-corrected chi connectivity index (χ1v) is 22.2. The lowest BCUT2D eigenvalue weighted by atomic mass is 9.66. The number of fused-ring (bicyclic) bond motifs is 4. The molecule has 10 atom stereocenters. The van der Waals surface area contributed by atoms with Gasteiger partial charge in [0.1, 0.15) is 24.4 Å². The Bertz CT molecular complexity index is 2230. The standard InChI is InChI=1S/C29H32O13.C11H9I3N2O4/c1-11-36-9-20-27(40-11)24(31)25(32)29(41-20)42-26-14-7-17-16(38-10-39-17)6-13(14)21(22-15(26)8-37-28(22)33)12-4-18(34-2)23(30)19(5-12)35-3;1-3(17)15-9-6(12)5(11(19)20)7(13)10(8(9)14)16-4(2)18/h4-7,11,15,20-22,24-27,29-32H,8-10H2,1-3H3;1-2H3,(H,15,17)(H,16,18)(H,19,20)/t11-,15?,20-,21-,22+,24-,25-,26?,27-,29+;/m1./s1. The van der Waals surface area contributed by atoms with Gasteiger partial charge in [-0.2, -0.15) is 0 Å². The highest BCUT2D eigenvalue weighted by molar-refractivity contribution is 14.1. The Morgan fingerprint density at radius 1 is 0.806 bits per heavy atom. The third-order valence-corrected chi connectivity index (χ3v) is 14.1. The molecule has 3 fully saturated rings. The topological polar surface area (TPSA) is 256 Å². The quantitative estimate of drug-likeness (QED) is 0.135. The molecule has 0 spiro atoms. The molecule has 2 unspecified atom stereocenters. The number of cyclic esters (lactones) is 1. The van der Waals surface area contributed by atoms with E-state index < -0.39 is 72.8 Å². The first-order valence-electron chi connectivity index (χ1n) is 18.9. The molecule has 1 aliphatic carbocycles. The van der Waals surface area contributed by atoms with Crippen LogP contribution < -0.4 is 29.6 Å². The number of phenols is 1. The number of anilines is 2. The predicted octanol–water partition coefficient (Wildman–Crippen LogP) is 4.45. The number of hydrogen-bond acceptors (Lipinski definition) is 16. The Balaban J connectivity index is 0.000000244. The molecular formula is C40H41I3N2O17. The van der Waals surface area contributed by atoms with Gasteiger partial charge in [-0.25, -0.2) is 4.79 Å². The Morgan fingerprint density at radius 3 is 1.94 bits per heavy atom. The van der Waals surface area contributed by atoms with Gasteiger partial charge >= 0.3 is 11.9 Å². The van der Waals surface area contributed by atoms with Crippen molar-refractivity contribution in [3.8, 4) is 28.7 Å². The van der Waals surface area contributed by atoms with Gasteiger partial charge in [-0.15, -0.1) is 0 Å². The number of aliphatic hydroxyl groups excluding tert-OH is 2. The number of carboxylic acid groups (broad SMARTS) is 1. The van der Waals surface area contributed by atoms with E-state index in [0.29, 0.717) is 50.3 Å². The number of aromatic hydroxyl groups is 1. The van der Waals surface area contributed by atoms with Gasteiger partial charge in [0.05, 0.1) is 67.1 Å². The molecule has 4 heterocycles. The van der Waals surface area contributed by atoms with E-state index in [1.54, 1.807) is 31.2 Å². The van der Waals surface area contributed by atoms with Gasteiger partial charge in [0, 0.05) is 25.7 Å². The van der Waals surface area contributed by atoms with E-state index in [2.05, 4.69) is 10.6 Å². The molecular weight excluding hydrogens is 1160 g/mol. The van der Waals surface area contributed by atoms with Crippen LogP contribution in [0.3, 0.4) is 0 Å². The number of carboxylic acids is 1. The number of aromatic carboxylic acids is 1. The zero-order valence-electron chi connectivity index (χ0n) is 33.4. The smallest absolute Gasteiger partial charge is 0.338 e. The van der Waals surface area contributed by atoms with Crippen LogP contribution in [0.15, 0.2) is 24.3 Å². The first kappa shape index (κ1) is 46.5. The minimum Gasteiger partial charge on any atom is -0.502 e. The second-order valence-electron chi connectivity index (χ2n) is 14.7. The summed E-state index contributed by atoms with van der Waals surface area (Å²) in [6.07, 6.45) is -6.80. The lowest BCUT2D eigenvalue weighted by molar-refractivity contribution is -0.364. The zero-order chi connectivity index (χ0) is 44.9. The van der Waals surface area contributed by atoms with E-state index in [9.17, 15) is 39.6 Å². The van der Waals surface area contributed by atoms with Gasteiger partial charge < -0.3 is 73.7 Å². The molecule has 0 saturated carbocycles. The predicted molar refractivity (Wildman–Crippen MR) is 239 cm³/mol. The van der Waals surface area contributed by atoms with Crippen LogP contribution in [0.25, 0.3) is 0 Å². The molecule has 2 amide bonds. The summed E-state index contributed by atoms with van der Waals surface area (Å²) in [4.78, 5) is 47.3. The van der Waals surface area contributed by atoms with Crippen molar-refractivity contribution in [2.45, 2.75) is 69.8 Å². The maximum Gasteiger partial charge on any atom is 0.338 e. The number of nitrogens with one attached hydrogen (secondary N) is 2. The highest BCUT2D eigenvalue weighted by Gasteiger charge is 2.56. The Morgan fingerprint density at radius 2 is 1.39 bits per heavy atom. The van der Waals surface area contributed by atoms with Gasteiger partial charge in [-0.1, -0.05) is 0 Å². The monoisotopic (exact) mass is 1200 g/mol. The molecule has 6 N–H and O–H groups in total. The van der Waals surface area contributed by atoms with Gasteiger partial charge in [-0.3, -0.25) is 14.4 Å². The van der Waals surface area contributed by atoms with Crippen molar-refractivity contribution >= 4 is 103 Å². The number of aliphatic hydroxyl groups is 2. The van der Waals surface area contributed by atoms with Gasteiger partial charge in [0.25, 0.3) is 0 Å². The van der Waals surface area contributed by atoms with E-state index in [1.807, 2.05) is 67.8 Å². The van der Waals surface area contributed by atoms with Crippen LogP contribution in [0.4, 0.5) is 11.4 Å². The largest absolute Gasteiger partial charge is 0.502 e. The summed E-state index contributed by atoms with van der Waals surface area (Å²) < 4.78 is 53.0. The number of hydrogen-bond donors (Lipinski definition) is 6. The number of benzene rings is 3. The third kappa shape index (κ3) is 8.81. The maximum atomic E-state index is 13.4. The van der Waals surface area contributed by atoms with Crippen LogP contribution in [-0.2, 0) is 38.1 Å². The van der Waals surface area contributed by atoms with Crippen molar-refractivity contribution in [3.63, 3.8) is 0 Å². The number of rotatable bonds is 8. The lowest BCUT2D eigenvalue weighted by Gasteiger charge is -2.47. The summed E-state index contributed by atoms with van der Waals surface area (Å²) in [5.41, 5.74) is 2.85. The fourth-order valence-corrected chi connectivity index (χ4v) is 12.3. The van der Waals surface area contributed by atoms with Crippen LogP contribution >= 0.6 is 67.8 Å². The van der Waals surface area contributed by atoms with E-state index in [-0.39, 0.29) is 54.6 Å². The molecule has 3 saturated heterocycles. The second kappa shape index (κ2) is 18.9. The number of carbonyl (C=O) groups is 4. The second-order valence-corrected chi connectivity index (χ2v) is 18.0. The van der Waals surface area contributed by atoms with Crippen molar-refractivity contribution in [2.24, 2.45) is 11.8 Å². The highest BCUT2D eigenvalue weighted by atomic mass is 127. The molecule has 8 rings (SSSR count). The molecule has 334 valence electrons. The molecule has 0 radical (unpaired) electrons. The number of ether oxygens (including phenoxy) is 9. The van der Waals surface area contributed by atoms with E-state index >= 15 is 0 Å². The highest BCUT2D eigenvalue weighted by Crippen LogP contribution is 2.57. The minimum atomic E-state index is -1.44. The normalized spacial score (nSPS) is 27.9. The molecule has 3 aromatic carbocycles. The van der Waals surface area contributed by atoms with Crippen LogP contribution in [0.1, 0.15) is 59.8 Å². The molecule has 22 heteroatoms. The summed E-state index contributed by atoms with van der Waals surface area (Å²) in [5, 5.41) is 47.0. The molecule has 5 aliphatic rings. The fourth-order valence-electron chi connectivity index (χ4n) is 8.16. The average molecular weight is 1200 g/mol. The van der Waals surface area contributed by atoms with Gasteiger partial charge in [0.15, 0.2) is 35.6 Å². The van der Waals surface area contributed by atoms with Crippen LogP contribution in [0, 0.1) is 22.5 Å². The van der Waals surface area contributed by atoms with E-state index in [4.69, 9.17) is 42.6 Å². The zero-order valence-corrected chi connectivity index (χ0v) is 39.9. The van der Waals surface area contributed by atoms with Crippen molar-refractivity contribution in [1.82, 2.24) is 0 Å². The maximum absolute atomic E-state index is 13.4. The number of methoxy groups -OCH3 is 2. The lowest BCUT2D eigenvalue weighted by Crippen LogP contribution is -2.63. The van der Waals surface area contributed by atoms with Crippen LogP contribution in [0.2, 0.25) is 0 Å². The molecule has 3 aromatic rings. The summed E-state index contributed by atoms with van der Waals surface area (Å²) in [6, 6.07) is 6.93. The van der Waals surface area contributed by atoms with Gasteiger partial charge in [0.2, 0.25) is 24.4 Å². The summed E-state index contributed by atoms with van der Waals surface area (Å²) >= 11 is 5.71. The number of amides is 2. The summed E-state index contributed by atoms with van der Waals surface area (Å²) in [7, 11) is 2.86. The third-order valence-electron chi connectivity index (χ3n) is 10.9. The average Bonchev–Trinajstić information content (AvgIpc) is 3.85. The number of phenolic OH excluding ortho intramolecular Hbond substituents is 1. The number of carbonyl (C=O) groups excluding carboxylic acids is 3. The molecule has 0 aromatic heterocycles. The van der Waals surface area contributed by atoms with Crippen LogP contribution in [0.5, 0.6) is 28.7 Å². The van der Waals surface area contributed by atoms with Crippen molar-refractivity contribution in [2.75, 3.05) is 44.9 Å². The van der Waals surface area contributed by atoms with Crippen molar-refractivity contribution in [1.29, 1.82) is 0 Å². The Kier molecular flexibility index (Phi) is 14.2. The minimum absolute atomic E-state index is 0.0301.